The third-order valence-electron chi connectivity index (χ3n) is 0.183. The van der Waals surface area contributed by atoms with E-state index in [1.165, 1.54) is 0 Å². The van der Waals surface area contributed by atoms with Crippen molar-refractivity contribution >= 4 is 27.3 Å². The molecule has 0 aromatic heterocycles. The van der Waals surface area contributed by atoms with Gasteiger partial charge in [0.05, 0.1) is 0 Å². The van der Waals surface area contributed by atoms with Crippen LogP contribution in [0.2, 0.25) is 0 Å². The van der Waals surface area contributed by atoms with Crippen LogP contribution in [0.15, 0.2) is 0 Å². The summed E-state index contributed by atoms with van der Waals surface area (Å²) in [6.07, 6.45) is 0. The first-order chi connectivity index (χ1) is 2.41. The van der Waals surface area contributed by atoms with Gasteiger partial charge in [0.1, 0.15) is 13.6 Å². The van der Waals surface area contributed by atoms with Gasteiger partial charge in [0, 0.05) is 0 Å². The van der Waals surface area contributed by atoms with Crippen molar-refractivity contribution in [2.24, 2.45) is 0 Å². The van der Waals surface area contributed by atoms with Gasteiger partial charge < -0.3 is 14.9 Å². The first kappa shape index (κ1) is 9.93. The third kappa shape index (κ3) is 8.84. The Morgan fingerprint density at radius 1 is 1.17 bits per heavy atom. The van der Waals surface area contributed by atoms with E-state index in [9.17, 15) is 0 Å². The second-order valence-corrected chi connectivity index (χ2v) is 0.462. The molecule has 0 saturated heterocycles. The van der Waals surface area contributed by atoms with E-state index in [0.29, 0.717) is 0 Å². The first-order valence-corrected chi connectivity index (χ1v) is 1.21. The molecule has 0 aliphatic carbocycles. The summed E-state index contributed by atoms with van der Waals surface area (Å²) in [6, 6.07) is 0. The normalized spacial score (nSPS) is 7.00. The second kappa shape index (κ2) is 9.26. The number of hydrogen-bond acceptors (Lipinski definition) is 3. The molecule has 0 bridgehead atoms. The predicted molar refractivity (Wildman–Crippen MR) is 23.8 cm³/mol. The molecule has 0 spiro atoms. The Balaban J connectivity index is 0. The fourth-order valence-electron chi connectivity index (χ4n) is 0.0408. The molecular weight excluding hydrogens is 279 g/mol. The minimum absolute atomic E-state index is 0. The van der Waals surface area contributed by atoms with Gasteiger partial charge in [-0.2, -0.15) is 0 Å². The van der Waals surface area contributed by atoms with Crippen LogP contribution in [0.1, 0.15) is 0 Å². The Labute approximate surface area is 56.1 Å². The molecule has 0 fully saturated rings. The van der Waals surface area contributed by atoms with Crippen molar-refractivity contribution in [3.05, 3.63) is 0 Å². The molecule has 3 nitrogen and oxygen atoms in total. The van der Waals surface area contributed by atoms with Crippen LogP contribution in [0, 0.1) is 0 Å². The Morgan fingerprint density at radius 3 is 1.50 bits per heavy atom. The molecule has 6 heavy (non-hydrogen) atoms. The topological polar surface area (TPSA) is 49.7 Å². The zero-order chi connectivity index (χ0) is 4.12. The van der Waals surface area contributed by atoms with Gasteiger partial charge in [-0.05, 0) is 0 Å². The molecule has 0 rings (SSSR count). The number of rotatable bonds is 2. The Morgan fingerprint density at radius 2 is 1.50 bits per heavy atom. The van der Waals surface area contributed by atoms with Crippen LogP contribution in [-0.2, 0) is 4.74 Å². The van der Waals surface area contributed by atoms with Crippen molar-refractivity contribution in [2.75, 3.05) is 13.6 Å². The average Bonchev–Trinajstić information content (AvgIpc) is 1.41. The molecule has 0 aromatic carbocycles. The summed E-state index contributed by atoms with van der Waals surface area (Å²) < 4.78 is 3.94. The van der Waals surface area contributed by atoms with Crippen LogP contribution in [0.5, 0.6) is 0 Å². The van der Waals surface area contributed by atoms with Crippen LogP contribution in [0.3, 0.4) is 0 Å². The van der Waals surface area contributed by atoms with Crippen molar-refractivity contribution in [1.29, 1.82) is 0 Å². The second-order valence-electron chi connectivity index (χ2n) is 0.462. The van der Waals surface area contributed by atoms with Crippen molar-refractivity contribution in [3.63, 3.8) is 0 Å². The Bertz CT molecular complexity index is 16.3. The van der Waals surface area contributed by atoms with Crippen LogP contribution < -0.4 is 0 Å². The fraction of sp³-hybridized carbons (Fsp3) is 1.00. The number of aliphatic hydroxyl groups excluding tert-OH is 2. The molecule has 0 amide bonds. The van der Waals surface area contributed by atoms with Crippen LogP contribution in [0.4, 0.5) is 0 Å². The van der Waals surface area contributed by atoms with E-state index < -0.39 is 13.6 Å². The average molecular weight is 287 g/mol. The van der Waals surface area contributed by atoms with Crippen LogP contribution >= 0.6 is 0 Å². The molecule has 0 aromatic rings. The SMILES string of the molecule is OCOCO.[PbH2]. The Kier molecular flexibility index (Phi) is 15.3. The summed E-state index contributed by atoms with van der Waals surface area (Å²) in [5.41, 5.74) is 0. The van der Waals surface area contributed by atoms with Gasteiger partial charge in [0.15, 0.2) is 0 Å². The van der Waals surface area contributed by atoms with Crippen LogP contribution in [-0.4, -0.2) is 51.1 Å². The van der Waals surface area contributed by atoms with Crippen molar-refractivity contribution in [1.82, 2.24) is 0 Å². The van der Waals surface area contributed by atoms with E-state index in [0.717, 1.165) is 0 Å². The van der Waals surface area contributed by atoms with E-state index in [1.807, 2.05) is 0 Å². The predicted octanol–water partition coefficient (Wildman–Crippen LogP) is -2.01. The first-order valence-electron chi connectivity index (χ1n) is 1.21. The standard InChI is InChI=1S/C2H6O3.Pb.2H/c3-1-5-2-4;;;/h3-4H,1-2H2;;;. The van der Waals surface area contributed by atoms with Gasteiger partial charge in [-0.1, -0.05) is 0 Å². The van der Waals surface area contributed by atoms with E-state index in [2.05, 4.69) is 4.74 Å². The number of hydrogen-bond donors (Lipinski definition) is 2. The van der Waals surface area contributed by atoms with Crippen molar-refractivity contribution < 1.29 is 14.9 Å². The molecule has 2 N–H and O–H groups in total. The molecule has 0 unspecified atom stereocenters. The molecule has 0 aliphatic rings. The minimum atomic E-state index is -0.406. The third-order valence-corrected chi connectivity index (χ3v) is 0.183. The number of aliphatic hydroxyl groups is 2. The maximum absolute atomic E-state index is 7.68. The summed E-state index contributed by atoms with van der Waals surface area (Å²) in [5.74, 6) is 0. The van der Waals surface area contributed by atoms with E-state index in [1.54, 1.807) is 0 Å². The quantitative estimate of drug-likeness (QED) is 0.456. The summed E-state index contributed by atoms with van der Waals surface area (Å²) in [6.45, 7) is -0.812. The molecule has 2 radical (unpaired) electrons. The van der Waals surface area contributed by atoms with Gasteiger partial charge in [-0.3, -0.25) is 0 Å². The molecule has 38 valence electrons. The van der Waals surface area contributed by atoms with Gasteiger partial charge in [-0.15, -0.1) is 0 Å². The van der Waals surface area contributed by atoms with E-state index in [-0.39, 0.29) is 27.3 Å². The summed E-state index contributed by atoms with van der Waals surface area (Å²) in [4.78, 5) is 0. The monoisotopic (exact) mass is 288 g/mol. The molecule has 0 heterocycles. The van der Waals surface area contributed by atoms with Gasteiger partial charge >= 0.3 is 27.3 Å². The van der Waals surface area contributed by atoms with Gasteiger partial charge in [0.25, 0.3) is 0 Å². The molecule has 0 atom stereocenters. The van der Waals surface area contributed by atoms with Crippen molar-refractivity contribution in [2.45, 2.75) is 0 Å². The number of ether oxygens (including phenoxy) is 1. The summed E-state index contributed by atoms with van der Waals surface area (Å²) >= 11 is 0. The van der Waals surface area contributed by atoms with Gasteiger partial charge in [0.2, 0.25) is 0 Å². The van der Waals surface area contributed by atoms with Gasteiger partial charge in [-0.25, -0.2) is 0 Å². The van der Waals surface area contributed by atoms with Crippen molar-refractivity contribution in [3.8, 4) is 0 Å². The summed E-state index contributed by atoms with van der Waals surface area (Å²) in [7, 11) is 0. The molecule has 0 saturated carbocycles. The van der Waals surface area contributed by atoms with E-state index >= 15 is 0 Å². The van der Waals surface area contributed by atoms with Crippen LogP contribution in [0.25, 0.3) is 0 Å². The summed E-state index contributed by atoms with van der Waals surface area (Å²) in [5, 5.41) is 15.4. The maximum atomic E-state index is 7.68. The zero-order valence-electron chi connectivity index (χ0n) is 3.42. The van der Waals surface area contributed by atoms with E-state index in [4.69, 9.17) is 10.2 Å². The Hall–Kier alpha value is 0.802. The molecule has 0 aliphatic heterocycles. The molecular formula is C2H8O3Pb. The molecule has 4 heteroatoms. The zero-order valence-corrected chi connectivity index (χ0v) is 8.92. The fourth-order valence-corrected chi connectivity index (χ4v) is 0.0408.